The van der Waals surface area contributed by atoms with Crippen molar-refractivity contribution < 1.29 is 9.53 Å². The number of nitrogens with zero attached hydrogens (tertiary/aromatic N) is 1. The van der Waals surface area contributed by atoms with Crippen LogP contribution in [-0.2, 0) is 4.74 Å². The Labute approximate surface area is 117 Å². The lowest BCUT2D eigenvalue weighted by Crippen LogP contribution is -2.41. The molecule has 2 heterocycles. The molecule has 104 valence electrons. The number of hydrogen-bond donors (Lipinski definition) is 2. The zero-order valence-electron chi connectivity index (χ0n) is 10.9. The summed E-state index contributed by atoms with van der Waals surface area (Å²) in [6.45, 7) is 4.03. The second-order valence-corrected chi connectivity index (χ2v) is 4.85. The number of carbonyl (C=O) groups excluding carboxylic acids is 1. The van der Waals surface area contributed by atoms with Gasteiger partial charge in [-0.15, -0.1) is 0 Å². The van der Waals surface area contributed by atoms with Crippen LogP contribution in [-0.4, -0.2) is 36.7 Å². The molecule has 0 aromatic carbocycles. The number of carbonyl (C=O) groups is 1. The normalized spacial score (nSPS) is 18.9. The van der Waals surface area contributed by atoms with Gasteiger partial charge in [-0.05, 0) is 31.9 Å². The Morgan fingerprint density at radius 1 is 1.58 bits per heavy atom. The second kappa shape index (κ2) is 6.73. The van der Waals surface area contributed by atoms with E-state index in [0.29, 0.717) is 17.4 Å². The van der Waals surface area contributed by atoms with Crippen molar-refractivity contribution >= 4 is 23.3 Å². The molecule has 1 fully saturated rings. The summed E-state index contributed by atoms with van der Waals surface area (Å²) >= 11 is 6.03. The van der Waals surface area contributed by atoms with E-state index in [2.05, 4.69) is 15.6 Å². The molecule has 0 aliphatic carbocycles. The minimum absolute atomic E-state index is 0.0434. The Hall–Kier alpha value is -1.33. The Balaban J connectivity index is 2.06. The first-order chi connectivity index (χ1) is 9.20. The smallest absolute Gasteiger partial charge is 0.271 e. The topological polar surface area (TPSA) is 63.2 Å². The van der Waals surface area contributed by atoms with Gasteiger partial charge in [0.25, 0.3) is 5.91 Å². The van der Waals surface area contributed by atoms with Gasteiger partial charge in [0.1, 0.15) is 11.5 Å². The van der Waals surface area contributed by atoms with Gasteiger partial charge >= 0.3 is 0 Å². The van der Waals surface area contributed by atoms with Crippen LogP contribution in [0.15, 0.2) is 12.1 Å². The minimum Gasteiger partial charge on any atom is -0.379 e. The molecule has 0 saturated carbocycles. The predicted octanol–water partition coefficient (Wildman–Crippen LogP) is 2.08. The fourth-order valence-electron chi connectivity index (χ4n) is 1.99. The van der Waals surface area contributed by atoms with Gasteiger partial charge in [-0.1, -0.05) is 11.6 Å². The molecule has 1 aromatic rings. The molecular formula is C13H18ClN3O2. The number of aromatic nitrogens is 1. The van der Waals surface area contributed by atoms with Gasteiger partial charge in [-0.2, -0.15) is 0 Å². The molecule has 1 unspecified atom stereocenters. The highest BCUT2D eigenvalue weighted by molar-refractivity contribution is 6.33. The molecular weight excluding hydrogens is 266 g/mol. The number of halogens is 1. The molecule has 0 bridgehead atoms. The van der Waals surface area contributed by atoms with E-state index in [1.807, 2.05) is 6.92 Å². The van der Waals surface area contributed by atoms with Crippen molar-refractivity contribution in [3.05, 3.63) is 22.8 Å². The summed E-state index contributed by atoms with van der Waals surface area (Å²) < 4.78 is 5.33. The average molecular weight is 284 g/mol. The number of hydrogen-bond acceptors (Lipinski definition) is 4. The van der Waals surface area contributed by atoms with Crippen molar-refractivity contribution in [2.24, 2.45) is 0 Å². The van der Waals surface area contributed by atoms with Gasteiger partial charge in [0.15, 0.2) is 0 Å². The quantitative estimate of drug-likeness (QED) is 0.888. The van der Waals surface area contributed by atoms with Crippen LogP contribution in [0.3, 0.4) is 0 Å². The van der Waals surface area contributed by atoms with Crippen molar-refractivity contribution in [2.75, 3.05) is 25.1 Å². The highest BCUT2D eigenvalue weighted by atomic mass is 35.5. The van der Waals surface area contributed by atoms with E-state index in [1.165, 1.54) is 0 Å². The molecule has 1 amide bonds. The van der Waals surface area contributed by atoms with Crippen LogP contribution in [0.2, 0.25) is 5.02 Å². The van der Waals surface area contributed by atoms with E-state index in [1.54, 1.807) is 12.1 Å². The second-order valence-electron chi connectivity index (χ2n) is 4.44. The Bertz CT molecular complexity index is 448. The number of rotatable bonds is 4. The first-order valence-electron chi connectivity index (χ1n) is 6.49. The van der Waals surface area contributed by atoms with Crippen molar-refractivity contribution in [3.63, 3.8) is 0 Å². The van der Waals surface area contributed by atoms with Crippen LogP contribution in [0.1, 0.15) is 30.3 Å². The summed E-state index contributed by atoms with van der Waals surface area (Å²) in [4.78, 5) is 16.4. The van der Waals surface area contributed by atoms with Crippen molar-refractivity contribution in [3.8, 4) is 0 Å². The standard InChI is InChI=1S/C13H18ClN3O2/c1-2-15-11-6-5-10(14)12(17-11)13(18)16-9-4-3-7-19-8-9/h5-6,9H,2-4,7-8H2,1H3,(H,15,17)(H,16,18). The Morgan fingerprint density at radius 3 is 3.11 bits per heavy atom. The van der Waals surface area contributed by atoms with Gasteiger partial charge in [-0.3, -0.25) is 4.79 Å². The molecule has 2 rings (SSSR count). The van der Waals surface area contributed by atoms with Gasteiger partial charge < -0.3 is 15.4 Å². The number of nitrogens with one attached hydrogen (secondary N) is 2. The SMILES string of the molecule is CCNc1ccc(Cl)c(C(=O)NC2CCCOC2)n1. The molecule has 0 radical (unpaired) electrons. The van der Waals surface area contributed by atoms with Crippen LogP contribution in [0, 0.1) is 0 Å². The molecule has 2 N–H and O–H groups in total. The average Bonchev–Trinajstić information content (AvgIpc) is 2.42. The summed E-state index contributed by atoms with van der Waals surface area (Å²) in [5.41, 5.74) is 0.255. The monoisotopic (exact) mass is 283 g/mol. The van der Waals surface area contributed by atoms with E-state index >= 15 is 0 Å². The lowest BCUT2D eigenvalue weighted by atomic mass is 10.1. The van der Waals surface area contributed by atoms with Crippen LogP contribution in [0.25, 0.3) is 0 Å². The van der Waals surface area contributed by atoms with E-state index in [0.717, 1.165) is 26.0 Å². The van der Waals surface area contributed by atoms with E-state index in [-0.39, 0.29) is 17.6 Å². The fourth-order valence-corrected chi connectivity index (χ4v) is 2.18. The lowest BCUT2D eigenvalue weighted by molar-refractivity contribution is 0.0622. The lowest BCUT2D eigenvalue weighted by Gasteiger charge is -2.23. The first kappa shape index (κ1) is 14.1. The van der Waals surface area contributed by atoms with E-state index < -0.39 is 0 Å². The maximum atomic E-state index is 12.1. The minimum atomic E-state index is -0.250. The third-order valence-corrected chi connectivity index (χ3v) is 3.22. The van der Waals surface area contributed by atoms with Gasteiger partial charge in [0.05, 0.1) is 17.7 Å². The largest absolute Gasteiger partial charge is 0.379 e. The summed E-state index contributed by atoms with van der Waals surface area (Å²) in [6, 6.07) is 3.48. The van der Waals surface area contributed by atoms with Crippen molar-refractivity contribution in [2.45, 2.75) is 25.8 Å². The number of pyridine rings is 1. The molecule has 1 aliphatic heterocycles. The molecule has 0 spiro atoms. The fraction of sp³-hybridized carbons (Fsp3) is 0.538. The van der Waals surface area contributed by atoms with E-state index in [9.17, 15) is 4.79 Å². The third kappa shape index (κ3) is 3.81. The number of ether oxygens (including phenoxy) is 1. The van der Waals surface area contributed by atoms with Crippen LogP contribution in [0.4, 0.5) is 5.82 Å². The predicted molar refractivity (Wildman–Crippen MR) is 74.7 cm³/mol. The molecule has 1 saturated heterocycles. The van der Waals surface area contributed by atoms with Crippen LogP contribution < -0.4 is 10.6 Å². The van der Waals surface area contributed by atoms with E-state index in [4.69, 9.17) is 16.3 Å². The molecule has 1 atom stereocenters. The first-order valence-corrected chi connectivity index (χ1v) is 6.87. The highest BCUT2D eigenvalue weighted by Crippen LogP contribution is 2.17. The van der Waals surface area contributed by atoms with Crippen LogP contribution in [0.5, 0.6) is 0 Å². The molecule has 1 aliphatic rings. The van der Waals surface area contributed by atoms with Gasteiger partial charge in [0, 0.05) is 13.2 Å². The Morgan fingerprint density at radius 2 is 2.42 bits per heavy atom. The summed E-state index contributed by atoms with van der Waals surface area (Å²) in [5, 5.41) is 6.32. The van der Waals surface area contributed by atoms with Crippen molar-refractivity contribution in [1.29, 1.82) is 0 Å². The summed E-state index contributed by atoms with van der Waals surface area (Å²) in [6.07, 6.45) is 1.89. The maximum absolute atomic E-state index is 12.1. The number of anilines is 1. The Kier molecular flexibility index (Phi) is 4.99. The molecule has 19 heavy (non-hydrogen) atoms. The highest BCUT2D eigenvalue weighted by Gasteiger charge is 2.19. The zero-order chi connectivity index (χ0) is 13.7. The summed E-state index contributed by atoms with van der Waals surface area (Å²) in [5.74, 6) is 0.400. The van der Waals surface area contributed by atoms with Gasteiger partial charge in [-0.25, -0.2) is 4.98 Å². The molecule has 6 heteroatoms. The zero-order valence-corrected chi connectivity index (χ0v) is 11.7. The molecule has 1 aromatic heterocycles. The third-order valence-electron chi connectivity index (χ3n) is 2.91. The number of amides is 1. The van der Waals surface area contributed by atoms with Crippen LogP contribution >= 0.6 is 11.6 Å². The summed E-state index contributed by atoms with van der Waals surface area (Å²) in [7, 11) is 0. The van der Waals surface area contributed by atoms with Gasteiger partial charge in [0.2, 0.25) is 0 Å². The maximum Gasteiger partial charge on any atom is 0.271 e. The van der Waals surface area contributed by atoms with Crippen molar-refractivity contribution in [1.82, 2.24) is 10.3 Å². The molecule has 5 nitrogen and oxygen atoms in total.